The van der Waals surface area contributed by atoms with Gasteiger partial charge in [0.1, 0.15) is 0 Å². The molecule has 9 rings (SSSR count). The molecule has 0 amide bonds. The van der Waals surface area contributed by atoms with E-state index in [9.17, 15) is 0 Å². The van der Waals surface area contributed by atoms with E-state index in [1.807, 2.05) is 85.5 Å². The van der Waals surface area contributed by atoms with Crippen molar-refractivity contribution in [3.63, 3.8) is 0 Å². The molecule has 7 aromatic rings. The van der Waals surface area contributed by atoms with E-state index >= 15 is 0 Å². The Hall–Kier alpha value is -6.59. The summed E-state index contributed by atoms with van der Waals surface area (Å²) in [5.74, 6) is 2.70. The van der Waals surface area contributed by atoms with Gasteiger partial charge in [-0.15, -0.1) is 0 Å². The average Bonchev–Trinajstić information content (AvgIpc) is 3.24. The zero-order valence-electron chi connectivity index (χ0n) is 29.5. The highest BCUT2D eigenvalue weighted by Crippen LogP contribution is 2.41. The van der Waals surface area contributed by atoms with Crippen LogP contribution in [0, 0.1) is 5.92 Å². The second kappa shape index (κ2) is 14.2. The van der Waals surface area contributed by atoms with Gasteiger partial charge in [0.15, 0.2) is 17.5 Å². The number of aliphatic imine (C=N–C) groups is 1. The topological polar surface area (TPSA) is 63.9 Å². The summed E-state index contributed by atoms with van der Waals surface area (Å²) in [6, 6.07) is 44.7. The van der Waals surface area contributed by atoms with E-state index < -0.39 is 0 Å². The third kappa shape index (κ3) is 6.65. The van der Waals surface area contributed by atoms with Crippen LogP contribution in [-0.4, -0.2) is 26.2 Å². The first-order valence-electron chi connectivity index (χ1n) is 18.2. The van der Waals surface area contributed by atoms with Gasteiger partial charge >= 0.3 is 0 Å². The van der Waals surface area contributed by atoms with E-state index in [1.54, 1.807) is 0 Å². The second-order valence-electron chi connectivity index (χ2n) is 13.8. The van der Waals surface area contributed by atoms with Gasteiger partial charge < -0.3 is 0 Å². The van der Waals surface area contributed by atoms with Crippen molar-refractivity contribution in [1.29, 1.82) is 0 Å². The maximum absolute atomic E-state index is 4.95. The van der Waals surface area contributed by atoms with Crippen LogP contribution >= 0.6 is 0 Å². The highest BCUT2D eigenvalue weighted by Gasteiger charge is 2.21. The normalized spacial score (nSPS) is 16.0. The molecule has 2 atom stereocenters. The minimum absolute atomic E-state index is 0.286. The summed E-state index contributed by atoms with van der Waals surface area (Å²) >= 11 is 0. The summed E-state index contributed by atoms with van der Waals surface area (Å²) in [6.45, 7) is 2.30. The minimum Gasteiger partial charge on any atom is -0.269 e. The van der Waals surface area contributed by atoms with Gasteiger partial charge in [-0.3, -0.25) is 9.98 Å². The van der Waals surface area contributed by atoms with E-state index in [1.165, 1.54) is 44.5 Å². The van der Waals surface area contributed by atoms with Crippen LogP contribution in [0.2, 0.25) is 0 Å². The molecule has 2 aromatic heterocycles. The van der Waals surface area contributed by atoms with Crippen molar-refractivity contribution in [1.82, 2.24) is 19.9 Å². The molecule has 3 heterocycles. The fraction of sp³-hybridized carbons (Fsp3) is 0.104. The van der Waals surface area contributed by atoms with Crippen LogP contribution in [0.1, 0.15) is 36.0 Å². The molecule has 5 aromatic carbocycles. The molecule has 0 N–H and O–H groups in total. The molecule has 5 heteroatoms. The van der Waals surface area contributed by atoms with Crippen LogP contribution in [0.3, 0.4) is 0 Å². The van der Waals surface area contributed by atoms with Gasteiger partial charge in [-0.2, -0.15) is 0 Å². The molecule has 0 saturated carbocycles. The number of allylic oxidation sites excluding steroid dienone is 2. The quantitative estimate of drug-likeness (QED) is 0.168. The van der Waals surface area contributed by atoms with Gasteiger partial charge in [-0.05, 0) is 87.0 Å². The zero-order valence-corrected chi connectivity index (χ0v) is 29.5. The summed E-state index contributed by atoms with van der Waals surface area (Å²) in [5, 5.41) is 0. The van der Waals surface area contributed by atoms with Gasteiger partial charge in [-0.25, -0.2) is 15.0 Å². The summed E-state index contributed by atoms with van der Waals surface area (Å²) < 4.78 is 0. The number of fused-ring (bicyclic) bond motifs is 1. The molecular formula is C48H37N5. The van der Waals surface area contributed by atoms with E-state index in [0.717, 1.165) is 35.1 Å². The molecular weight excluding hydrogens is 647 g/mol. The maximum atomic E-state index is 4.95. The van der Waals surface area contributed by atoms with Crippen molar-refractivity contribution in [3.05, 3.63) is 175 Å². The first-order chi connectivity index (χ1) is 26.2. The summed E-state index contributed by atoms with van der Waals surface area (Å²) in [4.78, 5) is 23.4. The molecule has 0 spiro atoms. The predicted molar refractivity (Wildman–Crippen MR) is 217 cm³/mol. The molecule has 0 radical (unpaired) electrons. The van der Waals surface area contributed by atoms with Gasteiger partial charge in [0.2, 0.25) is 0 Å². The molecule has 5 nitrogen and oxygen atoms in total. The number of rotatable bonds is 7. The zero-order chi connectivity index (χ0) is 35.6. The Bertz CT molecular complexity index is 2450. The second-order valence-corrected chi connectivity index (χ2v) is 13.8. The standard InChI is InChI=1S/C48H37N5/c1-32-12-17-44-43(41-30-39(33-20-24-49-25-21-33)29-40(31-41)34-22-26-50-27-23-34)19-18-42(45(44)28-32)35-13-15-38(16-14-35)48-52-46(36-8-4-2-5-9-36)51-47(53-48)37-10-6-3-7-11-37/h2-22,24-27,29-32,34H,23,28H2,1H3. The van der Waals surface area contributed by atoms with Gasteiger partial charge in [-0.1, -0.05) is 134 Å². The van der Waals surface area contributed by atoms with E-state index in [-0.39, 0.29) is 5.92 Å². The van der Waals surface area contributed by atoms with Crippen LogP contribution < -0.4 is 0 Å². The molecule has 254 valence electrons. The molecule has 1 aliphatic heterocycles. The summed E-state index contributed by atoms with van der Waals surface area (Å²) in [5.41, 5.74) is 14.1. The molecule has 0 fully saturated rings. The Labute approximate surface area is 310 Å². The highest BCUT2D eigenvalue weighted by molar-refractivity contribution is 5.87. The predicted octanol–water partition coefficient (Wildman–Crippen LogP) is 11.5. The maximum Gasteiger partial charge on any atom is 0.164 e. The van der Waals surface area contributed by atoms with Crippen LogP contribution in [0.25, 0.3) is 73.6 Å². The lowest BCUT2D eigenvalue weighted by Gasteiger charge is -2.24. The van der Waals surface area contributed by atoms with Crippen molar-refractivity contribution < 1.29 is 0 Å². The summed E-state index contributed by atoms with van der Waals surface area (Å²) in [6.07, 6.45) is 16.4. The molecule has 2 unspecified atom stereocenters. The Morgan fingerprint density at radius 3 is 1.77 bits per heavy atom. The van der Waals surface area contributed by atoms with Crippen LogP contribution in [0.4, 0.5) is 0 Å². The Kier molecular flexibility index (Phi) is 8.66. The fourth-order valence-electron chi connectivity index (χ4n) is 7.43. The largest absolute Gasteiger partial charge is 0.269 e. The fourth-order valence-corrected chi connectivity index (χ4v) is 7.43. The third-order valence-corrected chi connectivity index (χ3v) is 10.2. The number of aromatic nitrogens is 4. The number of pyridine rings is 1. The first-order valence-corrected chi connectivity index (χ1v) is 18.2. The lowest BCUT2D eigenvalue weighted by atomic mass is 9.80. The Morgan fingerprint density at radius 1 is 0.528 bits per heavy atom. The Morgan fingerprint density at radius 2 is 1.13 bits per heavy atom. The first kappa shape index (κ1) is 32.3. The smallest absolute Gasteiger partial charge is 0.164 e. The van der Waals surface area contributed by atoms with Gasteiger partial charge in [0.05, 0.1) is 0 Å². The van der Waals surface area contributed by atoms with Crippen molar-refractivity contribution in [2.75, 3.05) is 0 Å². The number of nitrogens with zero attached hydrogens (tertiary/aromatic N) is 5. The van der Waals surface area contributed by atoms with Crippen LogP contribution in [0.15, 0.2) is 163 Å². The van der Waals surface area contributed by atoms with E-state index in [2.05, 4.69) is 102 Å². The van der Waals surface area contributed by atoms with Gasteiger partial charge in [0.25, 0.3) is 0 Å². The molecule has 1 aliphatic carbocycles. The molecule has 2 aliphatic rings. The van der Waals surface area contributed by atoms with Crippen LogP contribution in [-0.2, 0) is 6.42 Å². The minimum atomic E-state index is 0.286. The summed E-state index contributed by atoms with van der Waals surface area (Å²) in [7, 11) is 0. The third-order valence-electron chi connectivity index (χ3n) is 10.2. The SMILES string of the molecule is CC1C=Cc2c(-c3cc(-c4ccncc4)cc(C4C=CN=CC4)c3)ccc(-c3ccc(-c4nc(-c5ccccc5)nc(-c5ccccc5)n4)cc3)c2C1. The lowest BCUT2D eigenvalue weighted by Crippen LogP contribution is -2.07. The monoisotopic (exact) mass is 683 g/mol. The van der Waals surface area contributed by atoms with E-state index in [0.29, 0.717) is 23.4 Å². The van der Waals surface area contributed by atoms with Crippen molar-refractivity contribution in [2.45, 2.75) is 25.7 Å². The van der Waals surface area contributed by atoms with Gasteiger partial charge in [0, 0.05) is 47.4 Å². The average molecular weight is 684 g/mol. The number of benzene rings is 5. The molecule has 53 heavy (non-hydrogen) atoms. The molecule has 0 saturated heterocycles. The van der Waals surface area contributed by atoms with Crippen molar-refractivity contribution in [3.8, 4) is 67.5 Å². The van der Waals surface area contributed by atoms with Crippen LogP contribution in [0.5, 0.6) is 0 Å². The lowest BCUT2D eigenvalue weighted by molar-refractivity contribution is 0.719. The van der Waals surface area contributed by atoms with E-state index in [4.69, 9.17) is 15.0 Å². The number of hydrogen-bond donors (Lipinski definition) is 0. The highest BCUT2D eigenvalue weighted by atomic mass is 15.0. The van der Waals surface area contributed by atoms with Crippen molar-refractivity contribution in [2.24, 2.45) is 10.9 Å². The number of hydrogen-bond acceptors (Lipinski definition) is 5. The molecule has 0 bridgehead atoms. The Balaban J connectivity index is 1.12. The van der Waals surface area contributed by atoms with Crippen molar-refractivity contribution >= 4 is 12.3 Å².